The van der Waals surface area contributed by atoms with Crippen LogP contribution in [0.25, 0.3) is 0 Å². The second-order valence-corrected chi connectivity index (χ2v) is 13.8. The lowest BCUT2D eigenvalue weighted by Gasteiger charge is -2.40. The number of amides is 3. The van der Waals surface area contributed by atoms with Gasteiger partial charge < -0.3 is 29.7 Å². The van der Waals surface area contributed by atoms with Crippen molar-refractivity contribution in [1.82, 2.24) is 10.2 Å². The molecule has 11 heteroatoms. The minimum absolute atomic E-state index is 0.0363. The number of nitrogens with zero attached hydrogens (tertiary/aromatic N) is 2. The molecule has 5 rings (SSSR count). The Kier molecular flexibility index (Phi) is 11.3. The van der Waals surface area contributed by atoms with E-state index in [0.717, 1.165) is 5.56 Å². The molecule has 0 aromatic heterocycles. The largest absolute Gasteiger partial charge is 0.455 e. The minimum Gasteiger partial charge on any atom is -0.455 e. The van der Waals surface area contributed by atoms with Gasteiger partial charge in [0.1, 0.15) is 17.7 Å². The van der Waals surface area contributed by atoms with Gasteiger partial charge in [-0.3, -0.25) is 19.2 Å². The number of fused-ring (bicyclic) bond motifs is 1. The van der Waals surface area contributed by atoms with Crippen molar-refractivity contribution in [2.45, 2.75) is 76.3 Å². The second-order valence-electron chi connectivity index (χ2n) is 13.4. The quantitative estimate of drug-likeness (QED) is 0.201. The van der Waals surface area contributed by atoms with Crippen molar-refractivity contribution in [2.75, 3.05) is 24.6 Å². The van der Waals surface area contributed by atoms with Gasteiger partial charge in [-0.1, -0.05) is 80.1 Å². The van der Waals surface area contributed by atoms with Crippen LogP contribution in [-0.2, 0) is 28.7 Å². The Morgan fingerprint density at radius 3 is 2.53 bits per heavy atom. The van der Waals surface area contributed by atoms with E-state index in [4.69, 9.17) is 21.1 Å². The Bertz CT molecular complexity index is 1560. The van der Waals surface area contributed by atoms with Crippen LogP contribution in [0.2, 0.25) is 5.02 Å². The third-order valence-electron chi connectivity index (χ3n) is 10.1. The first kappa shape index (κ1) is 36.3. The van der Waals surface area contributed by atoms with E-state index in [1.807, 2.05) is 57.2 Å². The number of hydrogen-bond acceptors (Lipinski definition) is 7. The van der Waals surface area contributed by atoms with Crippen LogP contribution in [0.1, 0.15) is 56.8 Å². The molecule has 3 aliphatic rings. The van der Waals surface area contributed by atoms with E-state index in [1.165, 1.54) is 9.80 Å². The van der Waals surface area contributed by atoms with Crippen molar-refractivity contribution in [1.29, 1.82) is 0 Å². The highest BCUT2D eigenvalue weighted by atomic mass is 35.5. The molecule has 3 aliphatic heterocycles. The summed E-state index contributed by atoms with van der Waals surface area (Å²) in [5.41, 5.74) is 0.606. The molecule has 0 saturated carbocycles. The number of likely N-dealkylation sites (tertiary alicyclic amines) is 1. The fourth-order valence-corrected chi connectivity index (χ4v) is 8.11. The Labute approximate surface area is 293 Å². The van der Waals surface area contributed by atoms with E-state index >= 15 is 0 Å². The molecule has 1 spiro atoms. The fraction of sp³-hybridized carbons (Fsp3) is 0.474. The number of para-hydroxylation sites is 1. The Morgan fingerprint density at radius 2 is 1.90 bits per heavy atom. The van der Waals surface area contributed by atoms with Crippen molar-refractivity contribution in [3.05, 3.63) is 90.0 Å². The number of ether oxygens (including phenoxy) is 2. The summed E-state index contributed by atoms with van der Waals surface area (Å²) in [5, 5.41) is 13.8. The first-order chi connectivity index (χ1) is 23.5. The van der Waals surface area contributed by atoms with Gasteiger partial charge in [-0.25, -0.2) is 0 Å². The molecule has 3 heterocycles. The van der Waals surface area contributed by atoms with E-state index in [-0.39, 0.29) is 37.9 Å². The molecule has 2 aromatic rings. The number of nitrogens with one attached hydrogen (secondary N) is 1. The number of carbonyl (C=O) groups is 4. The molecule has 10 nitrogen and oxygen atoms in total. The average molecular weight is 692 g/mol. The van der Waals surface area contributed by atoms with Gasteiger partial charge in [0, 0.05) is 13.0 Å². The molecular weight excluding hydrogens is 646 g/mol. The summed E-state index contributed by atoms with van der Waals surface area (Å²) in [4.78, 5) is 59.3. The average Bonchev–Trinajstić information content (AvgIpc) is 3.73. The van der Waals surface area contributed by atoms with Crippen LogP contribution < -0.4 is 10.2 Å². The standard InChI is InChI=1S/C38H46ClN3O7/c1-6-8-17-30(44)40-21-29(25-14-10-9-11-15-25)48-37(47)31-28-18-19-38(49-28)32(31)35(45)42(27(22-43)23(3)4)34(38)36(46)41(20-7-2)33-24(5)13-12-16-26(33)39/h6-7,9-16,23,27-29,31-32,34,43H,1-2,8,17-22H2,3-5H3,(H,40,44)/t27-,28-,29-,31+,32+,34-,38+/m0/s1. The monoisotopic (exact) mass is 691 g/mol. The molecule has 7 atom stereocenters. The van der Waals surface area contributed by atoms with Crippen LogP contribution in [0, 0.1) is 24.7 Å². The number of aryl methyl sites for hydroxylation is 1. The molecule has 0 radical (unpaired) electrons. The maximum atomic E-state index is 14.9. The topological polar surface area (TPSA) is 125 Å². The van der Waals surface area contributed by atoms with Gasteiger partial charge >= 0.3 is 5.97 Å². The van der Waals surface area contributed by atoms with E-state index < -0.39 is 59.5 Å². The van der Waals surface area contributed by atoms with Crippen LogP contribution in [0.4, 0.5) is 5.69 Å². The minimum atomic E-state index is -1.33. The summed E-state index contributed by atoms with van der Waals surface area (Å²) in [5.74, 6) is -3.93. The normalized spacial score (nSPS) is 25.1. The Morgan fingerprint density at radius 1 is 1.16 bits per heavy atom. The van der Waals surface area contributed by atoms with Gasteiger partial charge in [0.2, 0.25) is 11.8 Å². The highest BCUT2D eigenvalue weighted by Crippen LogP contribution is 2.59. The van der Waals surface area contributed by atoms with Crippen molar-refractivity contribution < 1.29 is 33.8 Å². The molecule has 2 bridgehead atoms. The first-order valence-electron chi connectivity index (χ1n) is 16.9. The maximum Gasteiger partial charge on any atom is 0.313 e. The van der Waals surface area contributed by atoms with Gasteiger partial charge in [0.25, 0.3) is 5.91 Å². The van der Waals surface area contributed by atoms with Crippen molar-refractivity contribution in [3.63, 3.8) is 0 Å². The predicted molar refractivity (Wildman–Crippen MR) is 187 cm³/mol. The first-order valence-corrected chi connectivity index (χ1v) is 17.3. The lowest BCUT2D eigenvalue weighted by atomic mass is 9.70. The summed E-state index contributed by atoms with van der Waals surface area (Å²) >= 11 is 6.67. The highest BCUT2D eigenvalue weighted by Gasteiger charge is 2.76. The number of rotatable bonds is 15. The molecular formula is C38H46ClN3O7. The molecule has 262 valence electrons. The SMILES string of the molecule is C=CCCC(=O)NC[C@H](OC(=O)[C@@H]1[C@@H]2CC[C@]3(O2)[C@H](C(=O)N(CC=C)c2c(C)cccc2Cl)N([C@@H](CO)C(C)C)C(=O)[C@@H]13)c1ccccc1. The predicted octanol–water partition coefficient (Wildman–Crippen LogP) is 4.93. The summed E-state index contributed by atoms with van der Waals surface area (Å²) < 4.78 is 12.8. The molecule has 3 fully saturated rings. The molecule has 3 saturated heterocycles. The molecule has 3 amide bonds. The number of esters is 1. The van der Waals surface area contributed by atoms with Crippen LogP contribution in [-0.4, -0.2) is 77.2 Å². The summed E-state index contributed by atoms with van der Waals surface area (Å²) in [6.45, 7) is 12.9. The number of benzene rings is 2. The van der Waals surface area contributed by atoms with Crippen LogP contribution in [0.15, 0.2) is 73.8 Å². The van der Waals surface area contributed by atoms with Crippen LogP contribution >= 0.6 is 11.6 Å². The lowest BCUT2D eigenvalue weighted by Crippen LogP contribution is -2.60. The zero-order valence-corrected chi connectivity index (χ0v) is 29.1. The summed E-state index contributed by atoms with van der Waals surface area (Å²) in [7, 11) is 0. The van der Waals surface area contributed by atoms with Crippen molar-refractivity contribution in [3.8, 4) is 0 Å². The summed E-state index contributed by atoms with van der Waals surface area (Å²) in [6, 6.07) is 12.6. The Hall–Kier alpha value is -3.99. The highest BCUT2D eigenvalue weighted by molar-refractivity contribution is 6.34. The lowest BCUT2D eigenvalue weighted by molar-refractivity contribution is -0.161. The maximum absolute atomic E-state index is 14.9. The van der Waals surface area contributed by atoms with Gasteiger partial charge in [0.15, 0.2) is 0 Å². The number of carbonyl (C=O) groups excluding carboxylic acids is 4. The van der Waals surface area contributed by atoms with Crippen LogP contribution in [0.5, 0.6) is 0 Å². The molecule has 2 aromatic carbocycles. The molecule has 0 unspecified atom stereocenters. The third-order valence-corrected chi connectivity index (χ3v) is 10.4. The number of hydrogen-bond donors (Lipinski definition) is 2. The molecule has 2 N–H and O–H groups in total. The van der Waals surface area contributed by atoms with Crippen molar-refractivity contribution >= 4 is 41.0 Å². The van der Waals surface area contributed by atoms with Gasteiger partial charge in [0.05, 0.1) is 47.8 Å². The number of aliphatic hydroxyl groups excluding tert-OH is 1. The number of aliphatic hydroxyl groups is 1. The smallest absolute Gasteiger partial charge is 0.313 e. The van der Waals surface area contributed by atoms with E-state index in [0.29, 0.717) is 35.5 Å². The number of allylic oxidation sites excluding steroid dienone is 1. The van der Waals surface area contributed by atoms with E-state index in [9.17, 15) is 24.3 Å². The van der Waals surface area contributed by atoms with Crippen LogP contribution in [0.3, 0.4) is 0 Å². The van der Waals surface area contributed by atoms with Crippen molar-refractivity contribution in [2.24, 2.45) is 17.8 Å². The number of halogens is 1. The zero-order valence-electron chi connectivity index (χ0n) is 28.3. The van der Waals surface area contributed by atoms with Gasteiger partial charge in [-0.05, 0) is 49.3 Å². The zero-order chi connectivity index (χ0) is 35.5. The van der Waals surface area contributed by atoms with Gasteiger partial charge in [-0.2, -0.15) is 0 Å². The molecule has 49 heavy (non-hydrogen) atoms. The number of anilines is 1. The Balaban J connectivity index is 1.52. The fourth-order valence-electron chi connectivity index (χ4n) is 7.79. The van der Waals surface area contributed by atoms with E-state index in [2.05, 4.69) is 18.5 Å². The van der Waals surface area contributed by atoms with E-state index in [1.54, 1.807) is 24.3 Å². The third kappa shape index (κ3) is 6.78. The second kappa shape index (κ2) is 15.3. The molecule has 0 aliphatic carbocycles. The van der Waals surface area contributed by atoms with Gasteiger partial charge in [-0.15, -0.1) is 13.2 Å². The summed E-state index contributed by atoms with van der Waals surface area (Å²) in [6.07, 6.45) is 3.34.